The summed E-state index contributed by atoms with van der Waals surface area (Å²) in [6.07, 6.45) is 5.16. The summed E-state index contributed by atoms with van der Waals surface area (Å²) in [7, 11) is 0. The maximum atomic E-state index is 5.80. The van der Waals surface area contributed by atoms with Crippen molar-refractivity contribution < 1.29 is 0 Å². The van der Waals surface area contributed by atoms with Crippen LogP contribution < -0.4 is 11.1 Å². The fraction of sp³-hybridized carbons (Fsp3) is 0.600. The number of rotatable bonds is 4. The first kappa shape index (κ1) is 12.4. The minimum Gasteiger partial charge on any atom is -0.381 e. The van der Waals surface area contributed by atoms with Crippen molar-refractivity contribution in [1.29, 1.82) is 0 Å². The Morgan fingerprint density at radius 3 is 2.53 bits per heavy atom. The third kappa shape index (κ3) is 3.01. The Balaban J connectivity index is 2.11. The molecule has 1 unspecified atom stereocenters. The molecule has 0 aliphatic heterocycles. The zero-order valence-electron chi connectivity index (χ0n) is 11.0. The summed E-state index contributed by atoms with van der Waals surface area (Å²) in [5.41, 5.74) is 10.1. The molecule has 94 valence electrons. The fourth-order valence-electron chi connectivity index (χ4n) is 2.54. The van der Waals surface area contributed by atoms with Crippen molar-refractivity contribution in [2.75, 3.05) is 11.9 Å². The average molecular weight is 232 g/mol. The molecule has 0 bridgehead atoms. The van der Waals surface area contributed by atoms with Crippen molar-refractivity contribution in [1.82, 2.24) is 0 Å². The first-order valence-corrected chi connectivity index (χ1v) is 6.79. The Morgan fingerprint density at radius 2 is 1.88 bits per heavy atom. The Labute approximate surface area is 105 Å². The van der Waals surface area contributed by atoms with Gasteiger partial charge in [0, 0.05) is 18.3 Å². The molecule has 1 aliphatic carbocycles. The van der Waals surface area contributed by atoms with Crippen molar-refractivity contribution in [3.05, 3.63) is 29.3 Å². The van der Waals surface area contributed by atoms with Crippen LogP contribution in [0.1, 0.15) is 37.8 Å². The molecule has 1 aromatic rings. The van der Waals surface area contributed by atoms with Gasteiger partial charge in [-0.05, 0) is 54.9 Å². The molecule has 0 saturated carbocycles. The van der Waals surface area contributed by atoms with Gasteiger partial charge in [0.15, 0.2) is 0 Å². The SMILES string of the molecule is CC(C)C(CN)Nc1ccc2c(c1)CCCC2. The molecule has 0 aromatic heterocycles. The second-order valence-electron chi connectivity index (χ2n) is 5.42. The second kappa shape index (κ2) is 5.54. The van der Waals surface area contributed by atoms with Crippen molar-refractivity contribution in [3.63, 3.8) is 0 Å². The van der Waals surface area contributed by atoms with Gasteiger partial charge in [0.1, 0.15) is 0 Å². The number of nitrogens with one attached hydrogen (secondary N) is 1. The lowest BCUT2D eigenvalue weighted by Crippen LogP contribution is -2.33. The van der Waals surface area contributed by atoms with E-state index in [0.717, 1.165) is 0 Å². The molecule has 1 aliphatic rings. The van der Waals surface area contributed by atoms with Gasteiger partial charge in [0.25, 0.3) is 0 Å². The summed E-state index contributed by atoms with van der Waals surface area (Å²) in [5, 5.41) is 3.55. The topological polar surface area (TPSA) is 38.0 Å². The van der Waals surface area contributed by atoms with Crippen LogP contribution in [0.15, 0.2) is 18.2 Å². The fourth-order valence-corrected chi connectivity index (χ4v) is 2.54. The Morgan fingerprint density at radius 1 is 1.18 bits per heavy atom. The number of fused-ring (bicyclic) bond motifs is 1. The van der Waals surface area contributed by atoms with E-state index in [1.165, 1.54) is 42.5 Å². The summed E-state index contributed by atoms with van der Waals surface area (Å²) in [6, 6.07) is 7.18. The molecule has 0 fully saturated rings. The van der Waals surface area contributed by atoms with E-state index in [9.17, 15) is 0 Å². The van der Waals surface area contributed by atoms with Crippen LogP contribution in [-0.4, -0.2) is 12.6 Å². The van der Waals surface area contributed by atoms with Crippen molar-refractivity contribution in [3.8, 4) is 0 Å². The summed E-state index contributed by atoms with van der Waals surface area (Å²) in [5.74, 6) is 0.566. The van der Waals surface area contributed by atoms with E-state index in [0.29, 0.717) is 18.5 Å². The van der Waals surface area contributed by atoms with Gasteiger partial charge in [-0.3, -0.25) is 0 Å². The maximum absolute atomic E-state index is 5.80. The largest absolute Gasteiger partial charge is 0.381 e. The molecular formula is C15H24N2. The summed E-state index contributed by atoms with van der Waals surface area (Å²) in [6.45, 7) is 5.11. The standard InChI is InChI=1S/C15H24N2/c1-11(2)15(10-16)17-14-8-7-12-5-3-4-6-13(12)9-14/h7-9,11,15,17H,3-6,10,16H2,1-2H3. The summed E-state index contributed by atoms with van der Waals surface area (Å²) in [4.78, 5) is 0. The monoisotopic (exact) mass is 232 g/mol. The van der Waals surface area contributed by atoms with Crippen molar-refractivity contribution in [2.24, 2.45) is 11.7 Å². The summed E-state index contributed by atoms with van der Waals surface area (Å²) >= 11 is 0. The number of nitrogens with two attached hydrogens (primary N) is 1. The lowest BCUT2D eigenvalue weighted by Gasteiger charge is -2.23. The molecule has 2 nitrogen and oxygen atoms in total. The third-order valence-electron chi connectivity index (χ3n) is 3.76. The normalized spacial score (nSPS) is 16.7. The number of hydrogen-bond donors (Lipinski definition) is 2. The van der Waals surface area contributed by atoms with Crippen LogP contribution >= 0.6 is 0 Å². The van der Waals surface area contributed by atoms with Crippen LogP contribution in [0, 0.1) is 5.92 Å². The minimum absolute atomic E-state index is 0.372. The number of aryl methyl sites for hydroxylation is 2. The number of anilines is 1. The van der Waals surface area contributed by atoms with Crippen LogP contribution in [0.3, 0.4) is 0 Å². The molecule has 0 saturated heterocycles. The second-order valence-corrected chi connectivity index (χ2v) is 5.42. The molecule has 0 amide bonds. The molecule has 1 atom stereocenters. The zero-order chi connectivity index (χ0) is 12.3. The highest BCUT2D eigenvalue weighted by Gasteiger charge is 2.13. The van der Waals surface area contributed by atoms with Crippen molar-refractivity contribution >= 4 is 5.69 Å². The van der Waals surface area contributed by atoms with Gasteiger partial charge >= 0.3 is 0 Å². The lowest BCUT2D eigenvalue weighted by molar-refractivity contribution is 0.531. The van der Waals surface area contributed by atoms with Gasteiger partial charge in [0.05, 0.1) is 0 Å². The van der Waals surface area contributed by atoms with Crippen LogP contribution in [0.2, 0.25) is 0 Å². The lowest BCUT2D eigenvalue weighted by atomic mass is 9.91. The Kier molecular flexibility index (Phi) is 4.06. The molecule has 1 aromatic carbocycles. The first-order chi connectivity index (χ1) is 8.20. The zero-order valence-corrected chi connectivity index (χ0v) is 11.0. The van der Waals surface area contributed by atoms with Gasteiger partial charge in [-0.1, -0.05) is 19.9 Å². The molecule has 2 heteroatoms. The maximum Gasteiger partial charge on any atom is 0.0406 e. The quantitative estimate of drug-likeness (QED) is 0.837. The predicted octanol–water partition coefficient (Wildman–Crippen LogP) is 2.96. The van der Waals surface area contributed by atoms with Crippen LogP contribution in [0.5, 0.6) is 0 Å². The Bertz CT molecular complexity index is 371. The van der Waals surface area contributed by atoms with Crippen LogP contribution in [0.25, 0.3) is 0 Å². The smallest absolute Gasteiger partial charge is 0.0406 e. The molecule has 2 rings (SSSR count). The number of benzene rings is 1. The molecular weight excluding hydrogens is 208 g/mol. The predicted molar refractivity (Wildman–Crippen MR) is 74.4 cm³/mol. The van der Waals surface area contributed by atoms with Gasteiger partial charge < -0.3 is 11.1 Å². The molecule has 0 radical (unpaired) electrons. The van der Waals surface area contributed by atoms with E-state index in [2.05, 4.69) is 37.4 Å². The molecule has 0 spiro atoms. The van der Waals surface area contributed by atoms with Gasteiger partial charge in [0.2, 0.25) is 0 Å². The van der Waals surface area contributed by atoms with Gasteiger partial charge in [-0.2, -0.15) is 0 Å². The van der Waals surface area contributed by atoms with Crippen LogP contribution in [-0.2, 0) is 12.8 Å². The van der Waals surface area contributed by atoms with E-state index in [4.69, 9.17) is 5.73 Å². The molecule has 0 heterocycles. The summed E-state index contributed by atoms with van der Waals surface area (Å²) < 4.78 is 0. The highest BCUT2D eigenvalue weighted by molar-refractivity contribution is 5.50. The van der Waals surface area contributed by atoms with E-state index in [1.807, 2.05) is 0 Å². The first-order valence-electron chi connectivity index (χ1n) is 6.79. The van der Waals surface area contributed by atoms with Crippen molar-refractivity contribution in [2.45, 2.75) is 45.6 Å². The highest BCUT2D eigenvalue weighted by atomic mass is 14.9. The molecule has 3 N–H and O–H groups in total. The minimum atomic E-state index is 0.372. The van der Waals surface area contributed by atoms with E-state index in [1.54, 1.807) is 0 Å². The van der Waals surface area contributed by atoms with Gasteiger partial charge in [-0.15, -0.1) is 0 Å². The Hall–Kier alpha value is -1.02. The van der Waals surface area contributed by atoms with Gasteiger partial charge in [-0.25, -0.2) is 0 Å². The molecule has 17 heavy (non-hydrogen) atoms. The average Bonchev–Trinajstić information content (AvgIpc) is 2.35. The van der Waals surface area contributed by atoms with E-state index in [-0.39, 0.29) is 0 Å². The number of hydrogen-bond acceptors (Lipinski definition) is 2. The van der Waals surface area contributed by atoms with E-state index < -0.39 is 0 Å². The third-order valence-corrected chi connectivity index (χ3v) is 3.76. The highest BCUT2D eigenvalue weighted by Crippen LogP contribution is 2.24. The van der Waals surface area contributed by atoms with E-state index >= 15 is 0 Å². The van der Waals surface area contributed by atoms with Crippen LogP contribution in [0.4, 0.5) is 5.69 Å².